The van der Waals surface area contributed by atoms with Crippen molar-refractivity contribution in [3.05, 3.63) is 0 Å². The standard InChI is InChI=1S/C13H21F3N2O3/c1-3-5-12(10(19)20)6-7-18(8-12)11(21)17(4-2)9-13(14,15)16/h3-9H2,1-2H3,(H,19,20). The van der Waals surface area contributed by atoms with Crippen LogP contribution in [0.5, 0.6) is 0 Å². The molecule has 8 heteroatoms. The molecular formula is C13H21F3N2O3. The molecule has 0 radical (unpaired) electrons. The number of likely N-dealkylation sites (tertiary alicyclic amines) is 1. The summed E-state index contributed by atoms with van der Waals surface area (Å²) in [6, 6.07) is -0.742. The van der Waals surface area contributed by atoms with Crippen molar-refractivity contribution in [3.63, 3.8) is 0 Å². The first-order chi connectivity index (χ1) is 9.65. The second-order valence-electron chi connectivity index (χ2n) is 5.42. The van der Waals surface area contributed by atoms with Crippen LogP contribution in [0, 0.1) is 5.41 Å². The van der Waals surface area contributed by atoms with Crippen molar-refractivity contribution in [3.8, 4) is 0 Å². The van der Waals surface area contributed by atoms with Gasteiger partial charge >= 0.3 is 18.2 Å². The number of alkyl halides is 3. The molecule has 0 bridgehead atoms. The van der Waals surface area contributed by atoms with E-state index < -0.39 is 30.1 Å². The SMILES string of the molecule is CCCC1(C(=O)O)CCN(C(=O)N(CC)CC(F)(F)F)C1. The Morgan fingerprint density at radius 3 is 2.38 bits per heavy atom. The largest absolute Gasteiger partial charge is 0.481 e. The fraction of sp³-hybridized carbons (Fsp3) is 0.846. The third-order valence-electron chi connectivity index (χ3n) is 3.83. The lowest BCUT2D eigenvalue weighted by molar-refractivity contribution is -0.149. The predicted octanol–water partition coefficient (Wildman–Crippen LogP) is 2.57. The highest BCUT2D eigenvalue weighted by Gasteiger charge is 2.46. The van der Waals surface area contributed by atoms with Crippen LogP contribution in [0.4, 0.5) is 18.0 Å². The summed E-state index contributed by atoms with van der Waals surface area (Å²) < 4.78 is 37.3. The van der Waals surface area contributed by atoms with Crippen molar-refractivity contribution < 1.29 is 27.9 Å². The van der Waals surface area contributed by atoms with E-state index in [2.05, 4.69) is 0 Å². The van der Waals surface area contributed by atoms with Gasteiger partial charge in [0.05, 0.1) is 5.41 Å². The first-order valence-corrected chi connectivity index (χ1v) is 6.99. The van der Waals surface area contributed by atoms with Gasteiger partial charge < -0.3 is 14.9 Å². The van der Waals surface area contributed by atoms with E-state index in [4.69, 9.17) is 0 Å². The molecule has 1 unspecified atom stereocenters. The zero-order valence-corrected chi connectivity index (χ0v) is 12.2. The Kier molecular flexibility index (Phi) is 5.47. The summed E-state index contributed by atoms with van der Waals surface area (Å²) in [6.45, 7) is 2.09. The van der Waals surface area contributed by atoms with Crippen LogP contribution in [0.2, 0.25) is 0 Å². The van der Waals surface area contributed by atoms with E-state index in [0.29, 0.717) is 17.7 Å². The van der Waals surface area contributed by atoms with Crippen LogP contribution < -0.4 is 0 Å². The topological polar surface area (TPSA) is 60.9 Å². The van der Waals surface area contributed by atoms with Gasteiger partial charge in [0.2, 0.25) is 0 Å². The lowest BCUT2D eigenvalue weighted by Gasteiger charge is -2.29. The molecule has 1 rings (SSSR count). The average Bonchev–Trinajstić information content (AvgIpc) is 2.80. The summed E-state index contributed by atoms with van der Waals surface area (Å²) in [4.78, 5) is 25.5. The minimum atomic E-state index is -4.46. The number of hydrogen-bond acceptors (Lipinski definition) is 2. The number of aliphatic carboxylic acids is 1. The molecule has 2 amide bonds. The molecule has 0 spiro atoms. The van der Waals surface area contributed by atoms with Gasteiger partial charge in [0.1, 0.15) is 6.54 Å². The highest BCUT2D eigenvalue weighted by atomic mass is 19.4. The Balaban J connectivity index is 2.78. The Labute approximate surface area is 121 Å². The van der Waals surface area contributed by atoms with Crippen LogP contribution in [0.3, 0.4) is 0 Å². The number of halogens is 3. The maximum atomic E-state index is 12.4. The third-order valence-corrected chi connectivity index (χ3v) is 3.83. The van der Waals surface area contributed by atoms with E-state index >= 15 is 0 Å². The summed E-state index contributed by atoms with van der Waals surface area (Å²) >= 11 is 0. The second kappa shape index (κ2) is 6.53. The molecule has 1 saturated heterocycles. The quantitative estimate of drug-likeness (QED) is 0.849. The second-order valence-corrected chi connectivity index (χ2v) is 5.42. The zero-order valence-electron chi connectivity index (χ0n) is 12.2. The van der Waals surface area contributed by atoms with Gasteiger partial charge in [-0.25, -0.2) is 4.79 Å². The fourth-order valence-corrected chi connectivity index (χ4v) is 2.73. The molecule has 0 saturated carbocycles. The number of hydrogen-bond donors (Lipinski definition) is 1. The minimum absolute atomic E-state index is 0.0244. The summed E-state index contributed by atoms with van der Waals surface area (Å²) in [6.07, 6.45) is -3.12. The molecule has 122 valence electrons. The summed E-state index contributed by atoms with van der Waals surface area (Å²) in [5.74, 6) is -0.987. The molecule has 1 aliphatic rings. The average molecular weight is 310 g/mol. The summed E-state index contributed by atoms with van der Waals surface area (Å²) in [5, 5.41) is 9.35. The summed E-state index contributed by atoms with van der Waals surface area (Å²) in [7, 11) is 0. The van der Waals surface area contributed by atoms with Crippen molar-refractivity contribution >= 4 is 12.0 Å². The Morgan fingerprint density at radius 2 is 1.95 bits per heavy atom. The summed E-state index contributed by atoms with van der Waals surface area (Å²) in [5.41, 5.74) is -1.03. The highest BCUT2D eigenvalue weighted by Crippen LogP contribution is 2.36. The number of nitrogens with zero attached hydrogens (tertiary/aromatic N) is 2. The lowest BCUT2D eigenvalue weighted by Crippen LogP contribution is -2.47. The van der Waals surface area contributed by atoms with Crippen LogP contribution in [-0.2, 0) is 4.79 Å². The van der Waals surface area contributed by atoms with Gasteiger partial charge in [-0.15, -0.1) is 0 Å². The van der Waals surface area contributed by atoms with Gasteiger partial charge in [0.15, 0.2) is 0 Å². The van der Waals surface area contributed by atoms with Gasteiger partial charge in [0, 0.05) is 19.6 Å². The molecule has 1 atom stereocenters. The maximum absolute atomic E-state index is 12.4. The number of carbonyl (C=O) groups excluding carboxylic acids is 1. The molecule has 0 aromatic rings. The molecule has 1 fully saturated rings. The van der Waals surface area contributed by atoms with Crippen molar-refractivity contribution in [2.45, 2.75) is 39.3 Å². The van der Waals surface area contributed by atoms with Crippen LogP contribution in [0.25, 0.3) is 0 Å². The minimum Gasteiger partial charge on any atom is -0.481 e. The number of carbonyl (C=O) groups is 2. The zero-order chi connectivity index (χ0) is 16.3. The first-order valence-electron chi connectivity index (χ1n) is 6.99. The fourth-order valence-electron chi connectivity index (χ4n) is 2.73. The number of amides is 2. The van der Waals surface area contributed by atoms with E-state index in [9.17, 15) is 27.9 Å². The monoisotopic (exact) mass is 310 g/mol. The number of carboxylic acid groups (broad SMARTS) is 1. The van der Waals surface area contributed by atoms with Crippen molar-refractivity contribution in [2.24, 2.45) is 5.41 Å². The predicted molar refractivity (Wildman–Crippen MR) is 69.9 cm³/mol. The normalized spacial score (nSPS) is 22.4. The van der Waals surface area contributed by atoms with E-state index in [1.54, 1.807) is 0 Å². The van der Waals surface area contributed by atoms with Crippen molar-refractivity contribution in [2.75, 3.05) is 26.2 Å². The molecule has 0 aromatic carbocycles. The highest BCUT2D eigenvalue weighted by molar-refractivity contribution is 5.79. The van der Waals surface area contributed by atoms with Crippen molar-refractivity contribution in [1.82, 2.24) is 9.80 Å². The van der Waals surface area contributed by atoms with Crippen LogP contribution >= 0.6 is 0 Å². The smallest absolute Gasteiger partial charge is 0.406 e. The molecule has 1 heterocycles. The first kappa shape index (κ1) is 17.6. The van der Waals surface area contributed by atoms with E-state index in [1.165, 1.54) is 11.8 Å². The van der Waals surface area contributed by atoms with Crippen LogP contribution in [0.1, 0.15) is 33.1 Å². The van der Waals surface area contributed by atoms with Gasteiger partial charge in [-0.1, -0.05) is 13.3 Å². The van der Waals surface area contributed by atoms with E-state index in [0.717, 1.165) is 0 Å². The number of carboxylic acids is 1. The van der Waals surface area contributed by atoms with Gasteiger partial charge in [0.25, 0.3) is 0 Å². The Hall–Kier alpha value is -1.47. The third kappa shape index (κ3) is 4.25. The molecular weight excluding hydrogens is 289 g/mol. The molecule has 5 nitrogen and oxygen atoms in total. The van der Waals surface area contributed by atoms with Crippen molar-refractivity contribution in [1.29, 1.82) is 0 Å². The van der Waals surface area contributed by atoms with Gasteiger partial charge in [-0.2, -0.15) is 13.2 Å². The van der Waals surface area contributed by atoms with Crippen LogP contribution in [-0.4, -0.2) is 59.3 Å². The lowest BCUT2D eigenvalue weighted by atomic mass is 9.83. The molecule has 0 aromatic heterocycles. The number of rotatable bonds is 5. The molecule has 1 N–H and O–H groups in total. The molecule has 0 aliphatic carbocycles. The molecule has 1 aliphatic heterocycles. The van der Waals surface area contributed by atoms with E-state index in [-0.39, 0.29) is 26.1 Å². The molecule has 21 heavy (non-hydrogen) atoms. The van der Waals surface area contributed by atoms with Gasteiger partial charge in [-0.05, 0) is 19.8 Å². The van der Waals surface area contributed by atoms with E-state index in [1.807, 2.05) is 6.92 Å². The Bertz CT molecular complexity index is 401. The maximum Gasteiger partial charge on any atom is 0.406 e. The Morgan fingerprint density at radius 1 is 1.33 bits per heavy atom. The van der Waals surface area contributed by atoms with Gasteiger partial charge in [-0.3, -0.25) is 4.79 Å². The number of urea groups is 1. The van der Waals surface area contributed by atoms with Crippen LogP contribution in [0.15, 0.2) is 0 Å².